The summed E-state index contributed by atoms with van der Waals surface area (Å²) < 4.78 is 53.2. The van der Waals surface area contributed by atoms with Crippen molar-refractivity contribution in [3.05, 3.63) is 29.6 Å². The number of carbonyl (C=O) groups excluding carboxylic acids is 1. The van der Waals surface area contributed by atoms with Crippen LogP contribution in [0.5, 0.6) is 5.75 Å². The number of alkyl halides is 3. The Bertz CT molecular complexity index is 751. The molecule has 0 aromatic heterocycles. The van der Waals surface area contributed by atoms with Crippen LogP contribution in [0.4, 0.5) is 17.6 Å². The molecule has 1 aliphatic rings. The molecule has 1 fully saturated rings. The topological polar surface area (TPSA) is 100 Å². The van der Waals surface area contributed by atoms with Gasteiger partial charge in [0.05, 0.1) is 12.6 Å². The number of thioether (sulfide) groups is 1. The van der Waals surface area contributed by atoms with Crippen molar-refractivity contribution in [3.8, 4) is 5.75 Å². The molecule has 2 rings (SSSR count). The zero-order valence-corrected chi connectivity index (χ0v) is 12.9. The number of halogens is 4. The highest BCUT2D eigenvalue weighted by molar-refractivity contribution is 8.15. The number of hydrogen-bond donors (Lipinski definition) is 2. The lowest BCUT2D eigenvalue weighted by Gasteiger charge is -2.09. The number of amidine groups is 1. The van der Waals surface area contributed by atoms with Crippen molar-refractivity contribution in [2.24, 2.45) is 10.2 Å². The first-order chi connectivity index (χ1) is 11.6. The molecule has 0 bridgehead atoms. The number of carboxylic acids is 1. The highest BCUT2D eigenvalue weighted by Crippen LogP contribution is 2.26. The van der Waals surface area contributed by atoms with Gasteiger partial charge in [0, 0.05) is 0 Å². The van der Waals surface area contributed by atoms with Crippen LogP contribution in [0.1, 0.15) is 12.0 Å². The van der Waals surface area contributed by atoms with Crippen molar-refractivity contribution < 1.29 is 37.0 Å². The van der Waals surface area contributed by atoms with Crippen molar-refractivity contribution in [3.63, 3.8) is 0 Å². The highest BCUT2D eigenvalue weighted by Gasteiger charge is 2.33. The van der Waals surface area contributed by atoms with E-state index >= 15 is 0 Å². The maximum Gasteiger partial charge on any atom is 0.573 e. The standard InChI is InChI=1S/C13H9F4N3O4S/c14-7-2-1-6(3-8(7)24-13(15,16)17)5-18-20-12-19-11(23)9(25-12)4-10(21)22/h1-3,5,9H,4H2,(H,21,22)(H,19,20,23). The van der Waals surface area contributed by atoms with Gasteiger partial charge in [0.15, 0.2) is 16.7 Å². The highest BCUT2D eigenvalue weighted by atomic mass is 32.2. The van der Waals surface area contributed by atoms with Crippen LogP contribution in [0.25, 0.3) is 0 Å². The number of nitrogens with zero attached hydrogens (tertiary/aromatic N) is 2. The Balaban J connectivity index is 2.06. The number of nitrogens with one attached hydrogen (secondary N) is 1. The summed E-state index contributed by atoms with van der Waals surface area (Å²) in [5, 5.41) is 17.3. The van der Waals surface area contributed by atoms with Crippen molar-refractivity contribution in [2.75, 3.05) is 0 Å². The molecule has 1 amide bonds. The lowest BCUT2D eigenvalue weighted by molar-refractivity contribution is -0.275. The predicted octanol–water partition coefficient (Wildman–Crippen LogP) is 2.12. The summed E-state index contributed by atoms with van der Waals surface area (Å²) in [5.41, 5.74) is 0.0707. The van der Waals surface area contributed by atoms with Crippen LogP contribution in [0.2, 0.25) is 0 Å². The molecule has 1 heterocycles. The van der Waals surface area contributed by atoms with E-state index in [2.05, 4.69) is 20.3 Å². The Morgan fingerprint density at radius 3 is 2.80 bits per heavy atom. The third-order valence-electron chi connectivity index (χ3n) is 2.67. The Morgan fingerprint density at radius 2 is 2.16 bits per heavy atom. The molecule has 0 radical (unpaired) electrons. The average Bonchev–Trinajstić information content (AvgIpc) is 2.80. The van der Waals surface area contributed by atoms with Gasteiger partial charge in [0.25, 0.3) is 0 Å². The second-order valence-corrected chi connectivity index (χ2v) is 5.77. The van der Waals surface area contributed by atoms with Gasteiger partial charge in [-0.1, -0.05) is 17.8 Å². The van der Waals surface area contributed by atoms with Gasteiger partial charge in [-0.2, -0.15) is 5.10 Å². The molecular weight excluding hydrogens is 370 g/mol. The first kappa shape index (κ1) is 18.7. The third-order valence-corrected chi connectivity index (χ3v) is 3.75. The maximum atomic E-state index is 13.3. The van der Waals surface area contributed by atoms with Crippen LogP contribution < -0.4 is 10.1 Å². The van der Waals surface area contributed by atoms with Crippen LogP contribution in [0, 0.1) is 5.82 Å². The van der Waals surface area contributed by atoms with Crippen LogP contribution in [0.3, 0.4) is 0 Å². The second kappa shape index (κ2) is 7.51. The van der Waals surface area contributed by atoms with Crippen LogP contribution in [-0.4, -0.2) is 40.0 Å². The number of rotatable bonds is 5. The van der Waals surface area contributed by atoms with Gasteiger partial charge in [-0.05, 0) is 17.7 Å². The van der Waals surface area contributed by atoms with E-state index < -0.39 is 41.5 Å². The van der Waals surface area contributed by atoms with E-state index in [4.69, 9.17) is 5.11 Å². The van der Waals surface area contributed by atoms with Gasteiger partial charge in [-0.3, -0.25) is 9.59 Å². The summed E-state index contributed by atoms with van der Waals surface area (Å²) in [4.78, 5) is 22.1. The first-order valence-corrected chi connectivity index (χ1v) is 7.37. The fourth-order valence-corrected chi connectivity index (χ4v) is 2.61. The van der Waals surface area contributed by atoms with E-state index in [0.717, 1.165) is 36.2 Å². The number of ether oxygens (including phenoxy) is 1. The van der Waals surface area contributed by atoms with Gasteiger partial charge in [0.2, 0.25) is 5.91 Å². The first-order valence-electron chi connectivity index (χ1n) is 6.49. The minimum Gasteiger partial charge on any atom is -0.481 e. The van der Waals surface area contributed by atoms with Crippen molar-refractivity contribution in [1.29, 1.82) is 0 Å². The fourth-order valence-electron chi connectivity index (χ4n) is 1.70. The summed E-state index contributed by atoms with van der Waals surface area (Å²) in [6, 6.07) is 2.69. The lowest BCUT2D eigenvalue weighted by atomic mass is 10.2. The van der Waals surface area contributed by atoms with E-state index in [9.17, 15) is 27.2 Å². The second-order valence-electron chi connectivity index (χ2n) is 4.58. The summed E-state index contributed by atoms with van der Waals surface area (Å²) in [6.07, 6.45) is -4.41. The molecule has 1 aromatic rings. The molecule has 12 heteroatoms. The number of hydrogen-bond acceptors (Lipinski definition) is 6. The molecule has 1 saturated heterocycles. The molecule has 1 atom stereocenters. The normalized spacial score (nSPS) is 19.4. The minimum atomic E-state index is -5.04. The molecule has 25 heavy (non-hydrogen) atoms. The SMILES string of the molecule is O=C(O)CC1SC(=NN=Cc2ccc(F)c(OC(F)(F)F)c2)NC1=O. The summed E-state index contributed by atoms with van der Waals surface area (Å²) >= 11 is 0.857. The summed E-state index contributed by atoms with van der Waals surface area (Å²) in [7, 11) is 0. The fraction of sp³-hybridized carbons (Fsp3) is 0.231. The smallest absolute Gasteiger partial charge is 0.481 e. The van der Waals surface area contributed by atoms with Gasteiger partial charge in [0.1, 0.15) is 5.25 Å². The molecule has 1 aliphatic heterocycles. The molecule has 0 saturated carbocycles. The average molecular weight is 379 g/mol. The Morgan fingerprint density at radius 1 is 1.44 bits per heavy atom. The Hall–Kier alpha value is -2.63. The number of aliphatic carboxylic acids is 1. The molecular formula is C13H9F4N3O4S. The maximum absolute atomic E-state index is 13.3. The largest absolute Gasteiger partial charge is 0.573 e. The van der Waals surface area contributed by atoms with E-state index in [-0.39, 0.29) is 10.7 Å². The number of carboxylic acid groups (broad SMARTS) is 1. The summed E-state index contributed by atoms with van der Waals surface area (Å²) in [5.74, 6) is -3.91. The molecule has 0 aliphatic carbocycles. The van der Waals surface area contributed by atoms with E-state index in [1.54, 1.807) is 0 Å². The molecule has 1 unspecified atom stereocenters. The van der Waals surface area contributed by atoms with Crippen molar-refractivity contribution in [1.82, 2.24) is 5.32 Å². The predicted molar refractivity (Wildman–Crippen MR) is 79.9 cm³/mol. The number of carbonyl (C=O) groups is 2. The van der Waals surface area contributed by atoms with Gasteiger partial charge in [-0.15, -0.1) is 18.3 Å². The number of amides is 1. The van der Waals surface area contributed by atoms with E-state index in [1.165, 1.54) is 0 Å². The molecule has 0 spiro atoms. The number of benzene rings is 1. The zero-order valence-electron chi connectivity index (χ0n) is 12.1. The lowest BCUT2D eigenvalue weighted by Crippen LogP contribution is -2.26. The monoisotopic (exact) mass is 379 g/mol. The molecule has 7 nitrogen and oxygen atoms in total. The van der Waals surface area contributed by atoms with Gasteiger partial charge >= 0.3 is 12.3 Å². The van der Waals surface area contributed by atoms with Crippen LogP contribution in [-0.2, 0) is 9.59 Å². The van der Waals surface area contributed by atoms with Crippen LogP contribution >= 0.6 is 11.8 Å². The van der Waals surface area contributed by atoms with Gasteiger partial charge < -0.3 is 15.2 Å². The molecule has 2 N–H and O–H groups in total. The Labute approximate surface area is 141 Å². The Kier molecular flexibility index (Phi) is 5.62. The van der Waals surface area contributed by atoms with Crippen molar-refractivity contribution >= 4 is 35.0 Å². The van der Waals surface area contributed by atoms with Gasteiger partial charge in [-0.25, -0.2) is 4.39 Å². The van der Waals surface area contributed by atoms with E-state index in [0.29, 0.717) is 0 Å². The summed E-state index contributed by atoms with van der Waals surface area (Å²) in [6.45, 7) is 0. The zero-order chi connectivity index (χ0) is 18.6. The molecule has 134 valence electrons. The minimum absolute atomic E-state index is 0.0429. The van der Waals surface area contributed by atoms with E-state index in [1.807, 2.05) is 0 Å². The van der Waals surface area contributed by atoms with Crippen LogP contribution in [0.15, 0.2) is 28.4 Å². The quantitative estimate of drug-likeness (QED) is 0.464. The molecule has 1 aromatic carbocycles. The van der Waals surface area contributed by atoms with Crippen molar-refractivity contribution in [2.45, 2.75) is 18.0 Å². The third kappa shape index (κ3) is 5.74.